The van der Waals surface area contributed by atoms with E-state index >= 15 is 0 Å². The Morgan fingerprint density at radius 2 is 0.809 bits per heavy atom. The normalized spacial score (nSPS) is 13.5. The SMILES string of the molecule is CC(C)(C)c1ccc(N(c2ccc(C(C)(C)C)cc2)c2ccc3c(c2)N(c2cccc4c2oc2cc(C(C)(C)C)ccc24)c2cc(N(c4ccc(C(C)(C)C)cc4)c4ccc(C(C)(C)C)cc4)cc4c2B3c2cccc3c5sc6ccccc6c5n-4c23)cc1. The quantitative estimate of drug-likeness (QED) is 0.149. The summed E-state index contributed by atoms with van der Waals surface area (Å²) in [6, 6.07) is 79.2. The Labute approximate surface area is 529 Å². The van der Waals surface area contributed by atoms with Crippen molar-refractivity contribution in [1.82, 2.24) is 4.57 Å². The summed E-state index contributed by atoms with van der Waals surface area (Å²) in [6.45, 7) is 34.3. The Hall–Kier alpha value is -8.78. The predicted octanol–water partition coefficient (Wildman–Crippen LogP) is 21.9. The lowest BCUT2D eigenvalue weighted by atomic mass is 9.33. The van der Waals surface area contributed by atoms with E-state index in [9.17, 15) is 0 Å². The first kappa shape index (κ1) is 56.7. The lowest BCUT2D eigenvalue weighted by Crippen LogP contribution is -2.60. The van der Waals surface area contributed by atoms with Crippen LogP contribution in [-0.4, -0.2) is 11.3 Å². The molecule has 0 spiro atoms. The molecule has 0 atom stereocenters. The molecule has 13 aromatic rings. The highest BCUT2D eigenvalue weighted by Crippen LogP contribution is 2.52. The maximum atomic E-state index is 7.41. The summed E-state index contributed by atoms with van der Waals surface area (Å²) in [7, 11) is 0. The number of rotatable bonds is 7. The Kier molecular flexibility index (Phi) is 12.7. The zero-order valence-electron chi connectivity index (χ0n) is 54.3. The van der Waals surface area contributed by atoms with E-state index in [0.29, 0.717) is 0 Å². The van der Waals surface area contributed by atoms with E-state index in [-0.39, 0.29) is 33.8 Å². The van der Waals surface area contributed by atoms with Crippen molar-refractivity contribution in [3.8, 4) is 5.69 Å². The summed E-state index contributed by atoms with van der Waals surface area (Å²) >= 11 is 1.91. The van der Waals surface area contributed by atoms with Gasteiger partial charge in [-0.15, -0.1) is 11.3 Å². The van der Waals surface area contributed by atoms with Gasteiger partial charge < -0.3 is 23.7 Å². The van der Waals surface area contributed by atoms with Crippen LogP contribution < -0.4 is 31.1 Å². The van der Waals surface area contributed by atoms with Gasteiger partial charge in [-0.1, -0.05) is 219 Å². The molecule has 0 bridgehead atoms. The Morgan fingerprint density at radius 3 is 1.36 bits per heavy atom. The van der Waals surface area contributed by atoms with Crippen LogP contribution >= 0.6 is 11.3 Å². The number of anilines is 9. The smallest absolute Gasteiger partial charge is 0.252 e. The van der Waals surface area contributed by atoms with Crippen molar-refractivity contribution in [3.63, 3.8) is 0 Å². The van der Waals surface area contributed by atoms with E-state index in [1.165, 1.54) is 81.1 Å². The molecule has 0 unspecified atom stereocenters. The van der Waals surface area contributed by atoms with Crippen LogP contribution in [0.3, 0.4) is 0 Å². The van der Waals surface area contributed by atoms with Gasteiger partial charge in [0.1, 0.15) is 5.58 Å². The summed E-state index contributed by atoms with van der Waals surface area (Å²) in [5, 5.41) is 4.75. The maximum absolute atomic E-state index is 7.41. The van der Waals surface area contributed by atoms with Gasteiger partial charge in [0.25, 0.3) is 6.71 Å². The molecule has 15 rings (SSSR count). The molecular weight excluding hydrogens is 1100 g/mol. The summed E-state index contributed by atoms with van der Waals surface area (Å²) in [6.07, 6.45) is 0. The van der Waals surface area contributed by atoms with E-state index in [2.05, 4.69) is 329 Å². The second-order valence-corrected chi connectivity index (χ2v) is 31.4. The van der Waals surface area contributed by atoms with Gasteiger partial charge in [-0.3, -0.25) is 0 Å². The average molecular weight is 1180 g/mol. The fourth-order valence-corrected chi connectivity index (χ4v) is 15.4. The number of para-hydroxylation sites is 2. The fraction of sp³-hybridized carbons (Fsp3) is 0.244. The van der Waals surface area contributed by atoms with E-state index in [1.54, 1.807) is 0 Å². The van der Waals surface area contributed by atoms with Crippen molar-refractivity contribution in [1.29, 1.82) is 0 Å². The van der Waals surface area contributed by atoms with Gasteiger partial charge in [0.05, 0.1) is 27.1 Å². The van der Waals surface area contributed by atoms with Gasteiger partial charge in [0.2, 0.25) is 0 Å². The van der Waals surface area contributed by atoms with Crippen molar-refractivity contribution in [3.05, 3.63) is 234 Å². The van der Waals surface area contributed by atoms with Crippen molar-refractivity contribution in [2.45, 2.75) is 131 Å². The number of aromatic nitrogens is 1. The number of benzene rings is 10. The molecule has 5 nitrogen and oxygen atoms in total. The third-order valence-electron chi connectivity index (χ3n) is 19.2. The van der Waals surface area contributed by atoms with E-state index in [0.717, 1.165) is 73.1 Å². The van der Waals surface area contributed by atoms with Crippen LogP contribution in [0.4, 0.5) is 51.2 Å². The molecule has 0 saturated carbocycles. The molecular formula is C82H79BN4OS. The summed E-state index contributed by atoms with van der Waals surface area (Å²) in [5.41, 5.74) is 25.3. The molecule has 2 aliphatic rings. The molecule has 0 N–H and O–H groups in total. The van der Waals surface area contributed by atoms with Gasteiger partial charge in [-0.05, 0) is 162 Å². The van der Waals surface area contributed by atoms with Gasteiger partial charge in [0, 0.05) is 71.7 Å². The first-order valence-electron chi connectivity index (χ1n) is 31.8. The van der Waals surface area contributed by atoms with Crippen molar-refractivity contribution in [2.24, 2.45) is 0 Å². The second-order valence-electron chi connectivity index (χ2n) is 30.3. The Morgan fingerprint density at radius 1 is 0.348 bits per heavy atom. The number of thiophene rings is 1. The van der Waals surface area contributed by atoms with Crippen LogP contribution in [0.15, 0.2) is 211 Å². The van der Waals surface area contributed by atoms with Crippen LogP contribution in [0.25, 0.3) is 58.8 Å². The molecule has 0 fully saturated rings. The van der Waals surface area contributed by atoms with E-state index in [1.807, 2.05) is 11.3 Å². The summed E-state index contributed by atoms with van der Waals surface area (Å²) in [4.78, 5) is 7.54. The van der Waals surface area contributed by atoms with Crippen LogP contribution in [0.1, 0.15) is 132 Å². The topological polar surface area (TPSA) is 27.8 Å². The molecule has 10 aromatic carbocycles. The zero-order chi connectivity index (χ0) is 62.0. The molecule has 0 amide bonds. The lowest BCUT2D eigenvalue weighted by Gasteiger charge is -2.42. The molecule has 2 aliphatic heterocycles. The third-order valence-corrected chi connectivity index (χ3v) is 20.4. The molecule has 0 saturated heterocycles. The highest BCUT2D eigenvalue weighted by atomic mass is 32.1. The first-order chi connectivity index (χ1) is 42.3. The first-order valence-corrected chi connectivity index (χ1v) is 32.7. The van der Waals surface area contributed by atoms with E-state index < -0.39 is 0 Å². The number of fused-ring (bicyclic) bond motifs is 12. The van der Waals surface area contributed by atoms with Crippen LogP contribution in [0.5, 0.6) is 0 Å². The molecule has 442 valence electrons. The van der Waals surface area contributed by atoms with E-state index in [4.69, 9.17) is 4.42 Å². The van der Waals surface area contributed by atoms with Crippen LogP contribution in [0.2, 0.25) is 0 Å². The van der Waals surface area contributed by atoms with Crippen LogP contribution in [0, 0.1) is 0 Å². The third kappa shape index (κ3) is 9.23. The molecule has 7 heteroatoms. The number of hydrogen-bond donors (Lipinski definition) is 0. The molecule has 89 heavy (non-hydrogen) atoms. The van der Waals surface area contributed by atoms with Crippen LogP contribution in [-0.2, 0) is 27.1 Å². The highest BCUT2D eigenvalue weighted by molar-refractivity contribution is 7.26. The molecule has 0 radical (unpaired) electrons. The summed E-state index contributed by atoms with van der Waals surface area (Å²) in [5.74, 6) is 0. The predicted molar refractivity (Wildman–Crippen MR) is 386 cm³/mol. The molecule has 5 heterocycles. The molecule has 0 aliphatic carbocycles. The monoisotopic (exact) mass is 1180 g/mol. The highest BCUT2D eigenvalue weighted by Gasteiger charge is 2.44. The minimum Gasteiger partial charge on any atom is -0.454 e. The minimum absolute atomic E-state index is 0.00656. The maximum Gasteiger partial charge on any atom is 0.252 e. The average Bonchev–Trinajstić information content (AvgIpc) is 1.63. The fourth-order valence-electron chi connectivity index (χ4n) is 14.2. The van der Waals surface area contributed by atoms with Crippen molar-refractivity contribution < 1.29 is 4.42 Å². The largest absolute Gasteiger partial charge is 0.454 e. The van der Waals surface area contributed by atoms with Crippen molar-refractivity contribution in [2.75, 3.05) is 14.7 Å². The number of furan rings is 1. The van der Waals surface area contributed by atoms with Crippen molar-refractivity contribution >= 4 is 139 Å². The Bertz CT molecular complexity index is 4850. The number of nitrogens with zero attached hydrogens (tertiary/aromatic N) is 4. The Balaban J connectivity index is 1.08. The molecule has 3 aromatic heterocycles. The van der Waals surface area contributed by atoms with Gasteiger partial charge in [0.15, 0.2) is 5.58 Å². The van der Waals surface area contributed by atoms with Gasteiger partial charge in [-0.2, -0.15) is 0 Å². The lowest BCUT2D eigenvalue weighted by molar-refractivity contribution is 0.587. The summed E-state index contributed by atoms with van der Waals surface area (Å²) < 4.78 is 12.7. The zero-order valence-corrected chi connectivity index (χ0v) is 55.1. The number of hydrogen-bond acceptors (Lipinski definition) is 5. The minimum atomic E-state index is -0.124. The van der Waals surface area contributed by atoms with Gasteiger partial charge >= 0.3 is 0 Å². The second kappa shape index (κ2) is 19.9. The standard InChI is InChI=1S/C82H79BN4OS/c1-78(2,3)50-26-35-55(36-27-50)84(56-37-28-51(29-38-56)79(4,5)6)59-43-45-65-68(47-59)86(67-24-19-21-62-61-44-34-54(82(13,14)15)46-71(61)88-76(62)67)69-48-60(85(57-39-30-52(31-40-57)80(7,8)9)58-41-32-53(33-42-58)81(10,11)12)49-70-73(69)83(65)66-23-18-22-64-74(66)87(70)75-63-20-16-17-25-72(63)89-77(64)75/h16-49H,1-15H3. The van der Waals surface area contributed by atoms with Gasteiger partial charge in [-0.25, -0.2) is 0 Å².